The zero-order valence-electron chi connectivity index (χ0n) is 13.7. The Morgan fingerprint density at radius 3 is 1.96 bits per heavy atom. The summed E-state index contributed by atoms with van der Waals surface area (Å²) in [6.45, 7) is 0.640. The molecule has 1 unspecified atom stereocenters. The molecule has 3 heteroatoms. The van der Waals surface area contributed by atoms with Crippen molar-refractivity contribution in [3.8, 4) is 0 Å². The molecule has 0 aromatic heterocycles. The lowest BCUT2D eigenvalue weighted by Gasteiger charge is -2.33. The first-order chi connectivity index (χ1) is 11.7. The lowest BCUT2D eigenvalue weighted by molar-refractivity contribution is 0.000951. The van der Waals surface area contributed by atoms with Crippen LogP contribution in [0.3, 0.4) is 0 Å². The molecule has 0 aliphatic heterocycles. The van der Waals surface area contributed by atoms with Gasteiger partial charge in [-0.2, -0.15) is 0 Å². The van der Waals surface area contributed by atoms with Crippen LogP contribution in [0.5, 0.6) is 0 Å². The van der Waals surface area contributed by atoms with E-state index in [9.17, 15) is 10.2 Å². The summed E-state index contributed by atoms with van der Waals surface area (Å²) < 4.78 is 0. The monoisotopic (exact) mass is 321 g/mol. The molecule has 0 radical (unpaired) electrons. The minimum Gasteiger partial charge on any atom is -0.391 e. The van der Waals surface area contributed by atoms with E-state index in [0.29, 0.717) is 6.54 Å². The highest BCUT2D eigenvalue weighted by Crippen LogP contribution is 2.29. The summed E-state index contributed by atoms with van der Waals surface area (Å²) >= 11 is 0. The fraction of sp³-hybridized carbons (Fsp3) is 0.333. The van der Waals surface area contributed by atoms with E-state index in [2.05, 4.69) is 59.9 Å². The summed E-state index contributed by atoms with van der Waals surface area (Å²) in [5, 5.41) is 28.8. The van der Waals surface area contributed by atoms with Crippen molar-refractivity contribution in [2.75, 3.05) is 0 Å². The Labute approximate surface area is 141 Å². The van der Waals surface area contributed by atoms with Gasteiger partial charge in [0.25, 0.3) is 0 Å². The molecule has 3 aromatic rings. The van der Waals surface area contributed by atoms with Gasteiger partial charge >= 0.3 is 0 Å². The Kier molecular flexibility index (Phi) is 4.23. The van der Waals surface area contributed by atoms with Crippen LogP contribution in [0, 0.1) is 0 Å². The highest BCUT2D eigenvalue weighted by Gasteiger charge is 2.30. The van der Waals surface area contributed by atoms with Crippen molar-refractivity contribution >= 4 is 21.5 Å². The second kappa shape index (κ2) is 6.52. The highest BCUT2D eigenvalue weighted by molar-refractivity contribution is 6.02. The third kappa shape index (κ3) is 2.80. The van der Waals surface area contributed by atoms with Crippen LogP contribution in [-0.2, 0) is 6.54 Å². The van der Waals surface area contributed by atoms with Gasteiger partial charge in [0.1, 0.15) is 0 Å². The standard InChI is InChI=1S/C21H23NO2/c23-19-10-5-11-20(24)21(19)22-13-18-16-8-3-1-6-14(16)12-15-7-2-4-9-17(15)18/h1-4,6-9,12,19-24H,5,10-11,13H2/t19-,20+,21?. The zero-order chi connectivity index (χ0) is 16.5. The van der Waals surface area contributed by atoms with E-state index in [1.165, 1.54) is 27.1 Å². The average Bonchev–Trinajstić information content (AvgIpc) is 2.60. The predicted octanol–water partition coefficient (Wildman–Crippen LogP) is 3.36. The molecule has 3 N–H and O–H groups in total. The van der Waals surface area contributed by atoms with Gasteiger partial charge in [-0.05, 0) is 52.4 Å². The van der Waals surface area contributed by atoms with Crippen LogP contribution in [0.2, 0.25) is 0 Å². The second-order valence-electron chi connectivity index (χ2n) is 6.77. The van der Waals surface area contributed by atoms with Crippen molar-refractivity contribution in [1.29, 1.82) is 0 Å². The van der Waals surface area contributed by atoms with Crippen molar-refractivity contribution in [2.45, 2.75) is 44.1 Å². The van der Waals surface area contributed by atoms with E-state index in [-0.39, 0.29) is 6.04 Å². The number of fused-ring (bicyclic) bond motifs is 2. The van der Waals surface area contributed by atoms with Gasteiger partial charge in [-0.25, -0.2) is 0 Å². The van der Waals surface area contributed by atoms with Crippen molar-refractivity contribution in [3.63, 3.8) is 0 Å². The fourth-order valence-electron chi connectivity index (χ4n) is 3.94. The Bertz CT molecular complexity index is 797. The van der Waals surface area contributed by atoms with E-state index in [4.69, 9.17) is 0 Å². The molecule has 24 heavy (non-hydrogen) atoms. The molecule has 1 aliphatic carbocycles. The molecule has 4 rings (SSSR count). The third-order valence-electron chi connectivity index (χ3n) is 5.23. The number of hydrogen-bond donors (Lipinski definition) is 3. The molecule has 124 valence electrons. The summed E-state index contributed by atoms with van der Waals surface area (Å²) in [5.41, 5.74) is 1.23. The van der Waals surface area contributed by atoms with Crippen LogP contribution in [0.4, 0.5) is 0 Å². The number of benzene rings is 3. The maximum Gasteiger partial charge on any atom is 0.0718 e. The SMILES string of the molecule is O[C@@H]1CCC[C@H](O)C1NCc1c2ccccc2cc2ccccc12. The lowest BCUT2D eigenvalue weighted by Crippen LogP contribution is -2.50. The van der Waals surface area contributed by atoms with Gasteiger partial charge in [0.15, 0.2) is 0 Å². The Morgan fingerprint density at radius 1 is 0.833 bits per heavy atom. The molecular weight excluding hydrogens is 298 g/mol. The zero-order valence-corrected chi connectivity index (χ0v) is 13.7. The van der Waals surface area contributed by atoms with Crippen molar-refractivity contribution < 1.29 is 10.2 Å². The molecule has 0 saturated heterocycles. The van der Waals surface area contributed by atoms with E-state index in [0.717, 1.165) is 19.3 Å². The summed E-state index contributed by atoms with van der Waals surface area (Å²) in [4.78, 5) is 0. The first kappa shape index (κ1) is 15.6. The Balaban J connectivity index is 1.74. The van der Waals surface area contributed by atoms with Crippen molar-refractivity contribution in [2.24, 2.45) is 0 Å². The number of rotatable bonds is 3. The summed E-state index contributed by atoms with van der Waals surface area (Å²) in [7, 11) is 0. The van der Waals surface area contributed by atoms with Crippen LogP contribution in [0.25, 0.3) is 21.5 Å². The third-order valence-corrected chi connectivity index (χ3v) is 5.23. The molecule has 3 atom stereocenters. The molecule has 0 amide bonds. The van der Waals surface area contributed by atoms with Crippen molar-refractivity contribution in [1.82, 2.24) is 5.32 Å². The quantitative estimate of drug-likeness (QED) is 0.648. The van der Waals surface area contributed by atoms with Gasteiger partial charge in [0, 0.05) is 6.54 Å². The highest BCUT2D eigenvalue weighted by atomic mass is 16.3. The molecule has 0 spiro atoms. The first-order valence-electron chi connectivity index (χ1n) is 8.73. The van der Waals surface area contributed by atoms with Crippen LogP contribution < -0.4 is 5.32 Å². The molecule has 0 bridgehead atoms. The molecule has 0 heterocycles. The van der Waals surface area contributed by atoms with Gasteiger partial charge in [-0.1, -0.05) is 48.5 Å². The number of nitrogens with one attached hydrogen (secondary N) is 1. The smallest absolute Gasteiger partial charge is 0.0718 e. The summed E-state index contributed by atoms with van der Waals surface area (Å²) in [6, 6.07) is 18.8. The molecule has 1 aliphatic rings. The minimum absolute atomic E-state index is 0.253. The Morgan fingerprint density at radius 2 is 1.38 bits per heavy atom. The molecule has 1 fully saturated rings. The fourth-order valence-corrected chi connectivity index (χ4v) is 3.94. The largest absolute Gasteiger partial charge is 0.391 e. The van der Waals surface area contributed by atoms with Gasteiger partial charge in [-0.15, -0.1) is 0 Å². The molecule has 3 nitrogen and oxygen atoms in total. The van der Waals surface area contributed by atoms with E-state index in [1.807, 2.05) is 0 Å². The van der Waals surface area contributed by atoms with Crippen LogP contribution in [0.1, 0.15) is 24.8 Å². The summed E-state index contributed by atoms with van der Waals surface area (Å²) in [5.74, 6) is 0. The molecule has 1 saturated carbocycles. The second-order valence-corrected chi connectivity index (χ2v) is 6.77. The van der Waals surface area contributed by atoms with Gasteiger partial charge in [-0.3, -0.25) is 0 Å². The molecule has 3 aromatic carbocycles. The van der Waals surface area contributed by atoms with Crippen molar-refractivity contribution in [3.05, 3.63) is 60.2 Å². The number of aliphatic hydroxyl groups excluding tert-OH is 2. The maximum absolute atomic E-state index is 10.2. The average molecular weight is 321 g/mol. The molecular formula is C21H23NO2. The van der Waals surface area contributed by atoms with Gasteiger partial charge in [0.05, 0.1) is 18.2 Å². The Hall–Kier alpha value is -1.94. The first-order valence-corrected chi connectivity index (χ1v) is 8.73. The van der Waals surface area contributed by atoms with E-state index < -0.39 is 12.2 Å². The normalized spacial score (nSPS) is 24.5. The number of aliphatic hydroxyl groups is 2. The minimum atomic E-state index is -0.477. The van der Waals surface area contributed by atoms with Gasteiger partial charge < -0.3 is 15.5 Å². The lowest BCUT2D eigenvalue weighted by atomic mass is 9.89. The summed E-state index contributed by atoms with van der Waals surface area (Å²) in [6.07, 6.45) is 1.44. The van der Waals surface area contributed by atoms with Crippen LogP contribution in [-0.4, -0.2) is 28.5 Å². The predicted molar refractivity (Wildman–Crippen MR) is 97.9 cm³/mol. The maximum atomic E-state index is 10.2. The van der Waals surface area contributed by atoms with Gasteiger partial charge in [0.2, 0.25) is 0 Å². The van der Waals surface area contributed by atoms with Crippen LogP contribution in [0.15, 0.2) is 54.6 Å². The van der Waals surface area contributed by atoms with E-state index >= 15 is 0 Å². The van der Waals surface area contributed by atoms with Crippen LogP contribution >= 0.6 is 0 Å². The topological polar surface area (TPSA) is 52.5 Å². The van der Waals surface area contributed by atoms with E-state index in [1.54, 1.807) is 0 Å². The number of hydrogen-bond acceptors (Lipinski definition) is 3.